The first kappa shape index (κ1) is 9.49. The molecule has 2 rings (SSSR count). The van der Waals surface area contributed by atoms with Crippen molar-refractivity contribution in [3.05, 3.63) is 34.9 Å². The van der Waals surface area contributed by atoms with Crippen LogP contribution in [-0.2, 0) is 4.79 Å². The Bertz CT molecular complexity index is 326. The van der Waals surface area contributed by atoms with E-state index >= 15 is 0 Å². The Morgan fingerprint density at radius 1 is 1.29 bits per heavy atom. The van der Waals surface area contributed by atoms with Crippen LogP contribution in [0.15, 0.2) is 24.3 Å². The molecule has 1 saturated heterocycles. The van der Waals surface area contributed by atoms with Gasteiger partial charge in [0.15, 0.2) is 0 Å². The molecule has 1 aliphatic rings. The quantitative estimate of drug-likeness (QED) is 0.742. The Balaban J connectivity index is 2.08. The van der Waals surface area contributed by atoms with Crippen LogP contribution in [0.1, 0.15) is 24.4 Å². The van der Waals surface area contributed by atoms with Crippen LogP contribution in [0.5, 0.6) is 0 Å². The van der Waals surface area contributed by atoms with E-state index in [2.05, 4.69) is 10.9 Å². The number of benzene rings is 1. The fourth-order valence-corrected chi connectivity index (χ4v) is 1.65. The molecule has 0 spiro atoms. The second-order valence-corrected chi connectivity index (χ2v) is 3.77. The van der Waals surface area contributed by atoms with Crippen molar-refractivity contribution >= 4 is 17.5 Å². The maximum Gasteiger partial charge on any atom is 0.234 e. The minimum Gasteiger partial charge on any atom is -0.291 e. The molecule has 4 heteroatoms. The predicted octanol–water partition coefficient (Wildman–Crippen LogP) is 1.80. The third-order valence-corrected chi connectivity index (χ3v) is 2.57. The number of hydrogen-bond donors (Lipinski definition) is 2. The highest BCUT2D eigenvalue weighted by atomic mass is 35.5. The summed E-state index contributed by atoms with van der Waals surface area (Å²) in [5.74, 6) is 0.0511. The molecule has 1 aliphatic heterocycles. The van der Waals surface area contributed by atoms with Crippen LogP contribution in [0.4, 0.5) is 0 Å². The predicted molar refractivity (Wildman–Crippen MR) is 54.7 cm³/mol. The fourth-order valence-electron chi connectivity index (χ4n) is 1.52. The summed E-state index contributed by atoms with van der Waals surface area (Å²) in [7, 11) is 0. The molecule has 14 heavy (non-hydrogen) atoms. The second-order valence-electron chi connectivity index (χ2n) is 3.34. The minimum atomic E-state index is 0.0511. The van der Waals surface area contributed by atoms with E-state index in [4.69, 9.17) is 11.6 Å². The summed E-state index contributed by atoms with van der Waals surface area (Å²) < 4.78 is 0. The van der Waals surface area contributed by atoms with Crippen molar-refractivity contribution in [2.45, 2.75) is 18.9 Å². The molecule has 74 valence electrons. The standard InChI is InChI=1S/C10H11ClN2O/c11-8-3-1-7(2-4-8)9-5-6-10(14)13-12-9/h1-4,9,12H,5-6H2,(H,13,14). The number of nitrogens with one attached hydrogen (secondary N) is 2. The van der Waals surface area contributed by atoms with Gasteiger partial charge in [0.2, 0.25) is 5.91 Å². The molecular weight excluding hydrogens is 200 g/mol. The summed E-state index contributed by atoms with van der Waals surface area (Å²) in [6.07, 6.45) is 1.40. The van der Waals surface area contributed by atoms with Gasteiger partial charge >= 0.3 is 0 Å². The summed E-state index contributed by atoms with van der Waals surface area (Å²) in [6, 6.07) is 7.85. The lowest BCUT2D eigenvalue weighted by Crippen LogP contribution is -2.44. The zero-order valence-electron chi connectivity index (χ0n) is 7.59. The van der Waals surface area contributed by atoms with E-state index in [0.29, 0.717) is 6.42 Å². The van der Waals surface area contributed by atoms with Gasteiger partial charge in [-0.15, -0.1) is 0 Å². The molecule has 1 aromatic carbocycles. The van der Waals surface area contributed by atoms with Gasteiger partial charge < -0.3 is 0 Å². The van der Waals surface area contributed by atoms with Gasteiger partial charge in [0.25, 0.3) is 0 Å². The van der Waals surface area contributed by atoms with Crippen LogP contribution >= 0.6 is 11.6 Å². The van der Waals surface area contributed by atoms with E-state index < -0.39 is 0 Å². The van der Waals surface area contributed by atoms with Gasteiger partial charge in [-0.05, 0) is 24.1 Å². The summed E-state index contributed by atoms with van der Waals surface area (Å²) in [4.78, 5) is 10.9. The molecule has 3 nitrogen and oxygen atoms in total. The second kappa shape index (κ2) is 3.98. The topological polar surface area (TPSA) is 41.1 Å². The van der Waals surface area contributed by atoms with Crippen molar-refractivity contribution in [2.24, 2.45) is 0 Å². The van der Waals surface area contributed by atoms with Crippen LogP contribution in [0.25, 0.3) is 0 Å². The molecule has 0 aromatic heterocycles. The molecule has 1 aromatic rings. The average molecular weight is 211 g/mol. The van der Waals surface area contributed by atoms with E-state index in [9.17, 15) is 4.79 Å². The van der Waals surface area contributed by atoms with Gasteiger partial charge in [-0.2, -0.15) is 0 Å². The molecule has 0 radical (unpaired) electrons. The molecule has 0 aliphatic carbocycles. The first-order valence-electron chi connectivity index (χ1n) is 4.55. The average Bonchev–Trinajstić information content (AvgIpc) is 2.21. The van der Waals surface area contributed by atoms with Crippen molar-refractivity contribution in [2.75, 3.05) is 0 Å². The van der Waals surface area contributed by atoms with Crippen molar-refractivity contribution in [3.8, 4) is 0 Å². The largest absolute Gasteiger partial charge is 0.291 e. The molecule has 1 heterocycles. The zero-order valence-corrected chi connectivity index (χ0v) is 8.34. The number of halogens is 1. The van der Waals surface area contributed by atoms with Gasteiger partial charge in [0.05, 0.1) is 6.04 Å². The third kappa shape index (κ3) is 2.05. The van der Waals surface area contributed by atoms with Gasteiger partial charge in [-0.1, -0.05) is 23.7 Å². The van der Waals surface area contributed by atoms with Crippen LogP contribution in [0, 0.1) is 0 Å². The highest BCUT2D eigenvalue weighted by molar-refractivity contribution is 6.30. The Morgan fingerprint density at radius 3 is 2.57 bits per heavy atom. The van der Waals surface area contributed by atoms with Crippen LogP contribution in [-0.4, -0.2) is 5.91 Å². The van der Waals surface area contributed by atoms with Crippen LogP contribution in [0.3, 0.4) is 0 Å². The SMILES string of the molecule is O=C1CCC(c2ccc(Cl)cc2)NN1. The van der Waals surface area contributed by atoms with Crippen molar-refractivity contribution in [1.82, 2.24) is 10.9 Å². The maximum atomic E-state index is 10.9. The monoisotopic (exact) mass is 210 g/mol. The minimum absolute atomic E-state index is 0.0511. The summed E-state index contributed by atoms with van der Waals surface area (Å²) in [5, 5.41) is 0.730. The first-order valence-corrected chi connectivity index (χ1v) is 4.93. The lowest BCUT2D eigenvalue weighted by Gasteiger charge is -2.24. The zero-order chi connectivity index (χ0) is 9.97. The van der Waals surface area contributed by atoms with E-state index in [-0.39, 0.29) is 11.9 Å². The lowest BCUT2D eigenvalue weighted by atomic mass is 10.0. The molecule has 1 fully saturated rings. The number of hydrazine groups is 1. The molecule has 1 unspecified atom stereocenters. The number of carbonyl (C=O) groups is 1. The Hall–Kier alpha value is -1.06. The highest BCUT2D eigenvalue weighted by Gasteiger charge is 2.18. The number of hydrogen-bond acceptors (Lipinski definition) is 2. The molecule has 0 bridgehead atoms. The summed E-state index contributed by atoms with van der Waals surface area (Å²) in [5.41, 5.74) is 6.73. The summed E-state index contributed by atoms with van der Waals surface area (Å²) in [6.45, 7) is 0. The Labute approximate surface area is 87.4 Å². The maximum absolute atomic E-state index is 10.9. The highest BCUT2D eigenvalue weighted by Crippen LogP contribution is 2.21. The van der Waals surface area contributed by atoms with Gasteiger partial charge in [0.1, 0.15) is 0 Å². The van der Waals surface area contributed by atoms with E-state index in [1.807, 2.05) is 24.3 Å². The van der Waals surface area contributed by atoms with Gasteiger partial charge in [-0.25, -0.2) is 5.43 Å². The van der Waals surface area contributed by atoms with E-state index in [1.54, 1.807) is 0 Å². The number of rotatable bonds is 1. The molecule has 1 amide bonds. The van der Waals surface area contributed by atoms with E-state index in [0.717, 1.165) is 17.0 Å². The van der Waals surface area contributed by atoms with Crippen LogP contribution in [0.2, 0.25) is 5.02 Å². The first-order chi connectivity index (χ1) is 6.75. The Kier molecular flexibility index (Phi) is 2.70. The lowest BCUT2D eigenvalue weighted by molar-refractivity contribution is -0.124. The van der Waals surface area contributed by atoms with E-state index in [1.165, 1.54) is 0 Å². The normalized spacial score (nSPS) is 21.8. The van der Waals surface area contributed by atoms with Gasteiger partial charge in [0, 0.05) is 11.4 Å². The van der Waals surface area contributed by atoms with Gasteiger partial charge in [-0.3, -0.25) is 10.2 Å². The third-order valence-electron chi connectivity index (χ3n) is 2.32. The van der Waals surface area contributed by atoms with Crippen molar-refractivity contribution in [1.29, 1.82) is 0 Å². The fraction of sp³-hybridized carbons (Fsp3) is 0.300. The Morgan fingerprint density at radius 2 is 2.00 bits per heavy atom. The summed E-state index contributed by atoms with van der Waals surface area (Å²) >= 11 is 5.78. The molecule has 2 N–H and O–H groups in total. The molecule has 1 atom stereocenters. The molecule has 0 saturated carbocycles. The van der Waals surface area contributed by atoms with Crippen LogP contribution < -0.4 is 10.9 Å². The molecular formula is C10H11ClN2O. The van der Waals surface area contributed by atoms with Crippen molar-refractivity contribution < 1.29 is 4.79 Å². The smallest absolute Gasteiger partial charge is 0.234 e. The number of carbonyl (C=O) groups excluding carboxylic acids is 1. The number of amides is 1. The van der Waals surface area contributed by atoms with Crippen molar-refractivity contribution in [3.63, 3.8) is 0 Å².